The van der Waals surface area contributed by atoms with Crippen LogP contribution in [0.25, 0.3) is 0 Å². The Hall–Kier alpha value is -1.62. The van der Waals surface area contributed by atoms with Gasteiger partial charge in [-0.2, -0.15) is 0 Å². The van der Waals surface area contributed by atoms with Crippen LogP contribution in [0, 0.1) is 17.7 Å². The second-order valence-electron chi connectivity index (χ2n) is 5.36. The highest BCUT2D eigenvalue weighted by Crippen LogP contribution is 2.30. The Balaban J connectivity index is 1.98. The van der Waals surface area contributed by atoms with E-state index in [1.54, 1.807) is 0 Å². The van der Waals surface area contributed by atoms with Gasteiger partial charge >= 0.3 is 0 Å². The van der Waals surface area contributed by atoms with Crippen LogP contribution in [0.15, 0.2) is 18.2 Å². The van der Waals surface area contributed by atoms with Gasteiger partial charge in [0.2, 0.25) is 5.91 Å². The lowest BCUT2D eigenvalue weighted by atomic mass is 9.80. The average Bonchev–Trinajstić information content (AvgIpc) is 2.46. The second kappa shape index (κ2) is 6.70. The molecule has 0 bridgehead atoms. The lowest BCUT2D eigenvalue weighted by Gasteiger charge is -2.30. The molecular formula is C15H21FN2O2. The van der Waals surface area contributed by atoms with Crippen molar-refractivity contribution < 1.29 is 13.9 Å². The van der Waals surface area contributed by atoms with Crippen molar-refractivity contribution in [3.63, 3.8) is 0 Å². The Bertz CT molecular complexity index is 479. The Morgan fingerprint density at radius 2 is 2.00 bits per heavy atom. The van der Waals surface area contributed by atoms with Crippen molar-refractivity contribution in [1.29, 1.82) is 0 Å². The number of rotatable bonds is 5. The number of hydrogen-bond acceptors (Lipinski definition) is 3. The SMILES string of the molecule is NCC1CCCCC1COc1ccc(C(N)=O)cc1F. The molecule has 2 atom stereocenters. The summed E-state index contributed by atoms with van der Waals surface area (Å²) < 4.78 is 19.3. The van der Waals surface area contributed by atoms with Crippen molar-refractivity contribution in [2.75, 3.05) is 13.2 Å². The van der Waals surface area contributed by atoms with E-state index in [0.717, 1.165) is 18.9 Å². The van der Waals surface area contributed by atoms with Crippen LogP contribution in [0.4, 0.5) is 4.39 Å². The number of ether oxygens (including phenoxy) is 1. The van der Waals surface area contributed by atoms with E-state index in [4.69, 9.17) is 16.2 Å². The first-order valence-electron chi connectivity index (χ1n) is 7.04. The van der Waals surface area contributed by atoms with Crippen LogP contribution in [-0.2, 0) is 0 Å². The van der Waals surface area contributed by atoms with E-state index in [1.165, 1.54) is 25.0 Å². The van der Waals surface area contributed by atoms with Gasteiger partial charge in [-0.3, -0.25) is 4.79 Å². The van der Waals surface area contributed by atoms with Crippen LogP contribution in [0.1, 0.15) is 36.0 Å². The number of amides is 1. The van der Waals surface area contributed by atoms with Crippen LogP contribution < -0.4 is 16.2 Å². The topological polar surface area (TPSA) is 78.3 Å². The molecule has 1 aromatic rings. The molecule has 4 N–H and O–H groups in total. The van der Waals surface area contributed by atoms with E-state index >= 15 is 0 Å². The minimum atomic E-state index is -0.647. The minimum Gasteiger partial charge on any atom is -0.490 e. The standard InChI is InChI=1S/C15H21FN2O2/c16-13-7-10(15(18)19)5-6-14(13)20-9-12-4-2-1-3-11(12)8-17/h5-7,11-12H,1-4,8-9,17H2,(H2,18,19). The van der Waals surface area contributed by atoms with Crippen molar-refractivity contribution in [2.24, 2.45) is 23.3 Å². The molecule has 2 rings (SSSR count). The van der Waals surface area contributed by atoms with Gasteiger partial charge in [0.05, 0.1) is 6.61 Å². The number of carbonyl (C=O) groups is 1. The maximum Gasteiger partial charge on any atom is 0.248 e. The Morgan fingerprint density at radius 3 is 2.60 bits per heavy atom. The molecule has 1 fully saturated rings. The van der Waals surface area contributed by atoms with Crippen molar-refractivity contribution in [1.82, 2.24) is 0 Å². The summed E-state index contributed by atoms with van der Waals surface area (Å²) in [5.41, 5.74) is 11.0. The number of benzene rings is 1. The fourth-order valence-electron chi connectivity index (χ4n) is 2.78. The lowest BCUT2D eigenvalue weighted by Crippen LogP contribution is -2.30. The van der Waals surface area contributed by atoms with Crippen LogP contribution in [0.2, 0.25) is 0 Å². The minimum absolute atomic E-state index is 0.146. The Kier molecular flexibility index (Phi) is 4.95. The van der Waals surface area contributed by atoms with Gasteiger partial charge in [-0.1, -0.05) is 12.8 Å². The first-order chi connectivity index (χ1) is 9.61. The van der Waals surface area contributed by atoms with E-state index in [1.807, 2.05) is 0 Å². The zero-order valence-electron chi connectivity index (χ0n) is 11.5. The predicted octanol–water partition coefficient (Wildman–Crippen LogP) is 2.07. The maximum absolute atomic E-state index is 13.8. The van der Waals surface area contributed by atoms with E-state index in [-0.39, 0.29) is 11.3 Å². The molecule has 1 aliphatic rings. The summed E-state index contributed by atoms with van der Waals surface area (Å²) in [6.07, 6.45) is 4.57. The molecule has 1 aromatic carbocycles. The number of halogens is 1. The third-order valence-electron chi connectivity index (χ3n) is 4.04. The molecule has 1 saturated carbocycles. The highest BCUT2D eigenvalue weighted by molar-refractivity contribution is 5.92. The number of carbonyl (C=O) groups excluding carboxylic acids is 1. The van der Waals surface area contributed by atoms with Crippen LogP contribution in [0.3, 0.4) is 0 Å². The molecule has 0 saturated heterocycles. The zero-order valence-corrected chi connectivity index (χ0v) is 11.5. The summed E-state index contributed by atoms with van der Waals surface area (Å²) in [4.78, 5) is 11.0. The molecule has 2 unspecified atom stereocenters. The Labute approximate surface area is 118 Å². The number of hydrogen-bond donors (Lipinski definition) is 2. The molecule has 1 aliphatic carbocycles. The van der Waals surface area contributed by atoms with Crippen LogP contribution in [0.5, 0.6) is 5.75 Å². The number of nitrogens with two attached hydrogens (primary N) is 2. The highest BCUT2D eigenvalue weighted by atomic mass is 19.1. The molecule has 0 aromatic heterocycles. The highest BCUT2D eigenvalue weighted by Gasteiger charge is 2.24. The van der Waals surface area contributed by atoms with Crippen molar-refractivity contribution >= 4 is 5.91 Å². The summed E-state index contributed by atoms with van der Waals surface area (Å²) in [7, 11) is 0. The molecule has 0 heterocycles. The molecule has 5 heteroatoms. The molecule has 0 spiro atoms. The smallest absolute Gasteiger partial charge is 0.248 e. The van der Waals surface area contributed by atoms with Crippen LogP contribution in [-0.4, -0.2) is 19.1 Å². The lowest BCUT2D eigenvalue weighted by molar-refractivity contribution is 0.0999. The molecule has 1 amide bonds. The molecule has 4 nitrogen and oxygen atoms in total. The van der Waals surface area contributed by atoms with Crippen LogP contribution >= 0.6 is 0 Å². The van der Waals surface area contributed by atoms with Gasteiger partial charge in [0.25, 0.3) is 0 Å². The fraction of sp³-hybridized carbons (Fsp3) is 0.533. The van der Waals surface area contributed by atoms with Crippen molar-refractivity contribution in [2.45, 2.75) is 25.7 Å². The van der Waals surface area contributed by atoms with Gasteiger partial charge < -0.3 is 16.2 Å². The first-order valence-corrected chi connectivity index (χ1v) is 7.04. The Morgan fingerprint density at radius 1 is 1.30 bits per heavy atom. The normalized spacial score (nSPS) is 22.5. The summed E-state index contributed by atoms with van der Waals surface area (Å²) in [6, 6.07) is 4.04. The maximum atomic E-state index is 13.8. The molecule has 0 radical (unpaired) electrons. The molecular weight excluding hydrogens is 259 g/mol. The zero-order chi connectivity index (χ0) is 14.5. The van der Waals surface area contributed by atoms with Gasteiger partial charge in [-0.25, -0.2) is 4.39 Å². The second-order valence-corrected chi connectivity index (χ2v) is 5.36. The van der Waals surface area contributed by atoms with E-state index in [2.05, 4.69) is 0 Å². The quantitative estimate of drug-likeness (QED) is 0.866. The van der Waals surface area contributed by atoms with Gasteiger partial charge in [-0.05, 0) is 49.4 Å². The first kappa shape index (κ1) is 14.8. The van der Waals surface area contributed by atoms with E-state index in [9.17, 15) is 9.18 Å². The summed E-state index contributed by atoms with van der Waals surface area (Å²) in [5.74, 6) is -0.204. The number of primary amides is 1. The molecule has 0 aliphatic heterocycles. The van der Waals surface area contributed by atoms with Gasteiger partial charge in [0.15, 0.2) is 11.6 Å². The third-order valence-corrected chi connectivity index (χ3v) is 4.04. The van der Waals surface area contributed by atoms with E-state index < -0.39 is 11.7 Å². The summed E-state index contributed by atoms with van der Waals surface area (Å²) in [6.45, 7) is 1.12. The summed E-state index contributed by atoms with van der Waals surface area (Å²) >= 11 is 0. The van der Waals surface area contributed by atoms with Gasteiger partial charge in [0, 0.05) is 5.56 Å². The average molecular weight is 280 g/mol. The van der Waals surface area contributed by atoms with Gasteiger partial charge in [-0.15, -0.1) is 0 Å². The largest absolute Gasteiger partial charge is 0.490 e. The fourth-order valence-corrected chi connectivity index (χ4v) is 2.78. The molecule has 110 valence electrons. The molecule has 20 heavy (non-hydrogen) atoms. The third kappa shape index (κ3) is 3.48. The van der Waals surface area contributed by atoms with Crippen molar-refractivity contribution in [3.05, 3.63) is 29.6 Å². The van der Waals surface area contributed by atoms with E-state index in [0.29, 0.717) is 25.0 Å². The van der Waals surface area contributed by atoms with Gasteiger partial charge in [0.1, 0.15) is 0 Å². The van der Waals surface area contributed by atoms with Crippen molar-refractivity contribution in [3.8, 4) is 5.75 Å². The predicted molar refractivity (Wildman–Crippen MR) is 74.9 cm³/mol. The monoisotopic (exact) mass is 280 g/mol. The summed E-state index contributed by atoms with van der Waals surface area (Å²) in [5, 5.41) is 0.